The molecule has 2 aromatic heterocycles. The van der Waals surface area contributed by atoms with Gasteiger partial charge in [0.05, 0.1) is 0 Å². The molecule has 0 saturated heterocycles. The molecular formula is C15H21N3O4. The van der Waals surface area contributed by atoms with Crippen LogP contribution in [0.3, 0.4) is 0 Å². The van der Waals surface area contributed by atoms with Gasteiger partial charge < -0.3 is 19.6 Å². The van der Waals surface area contributed by atoms with Crippen molar-refractivity contribution in [1.82, 2.24) is 15.3 Å². The topological polar surface area (TPSA) is 97.5 Å². The standard InChI is InChI=1S/C15H21N3O4/c1-15(2,3)22-14(20)17-9-4-6-10(19)13-18-12-11(21-13)7-5-8-16-12/h5,7-8,10,19H,4,6,9H2,1-3H3,(H,17,20)/t10-/m0/s1. The lowest BCUT2D eigenvalue weighted by Gasteiger charge is -2.19. The van der Waals surface area contributed by atoms with Gasteiger partial charge in [-0.25, -0.2) is 9.78 Å². The van der Waals surface area contributed by atoms with Crippen molar-refractivity contribution in [1.29, 1.82) is 0 Å². The average Bonchev–Trinajstić information content (AvgIpc) is 2.85. The van der Waals surface area contributed by atoms with E-state index in [0.29, 0.717) is 30.6 Å². The summed E-state index contributed by atoms with van der Waals surface area (Å²) in [5.41, 5.74) is 0.501. The summed E-state index contributed by atoms with van der Waals surface area (Å²) in [5.74, 6) is 0.242. The first-order valence-corrected chi connectivity index (χ1v) is 7.21. The molecule has 120 valence electrons. The normalized spacial score (nSPS) is 13.1. The van der Waals surface area contributed by atoms with Gasteiger partial charge >= 0.3 is 6.09 Å². The molecule has 0 aromatic carbocycles. The molecule has 7 heteroatoms. The first kappa shape index (κ1) is 16.2. The number of hydrogen-bond donors (Lipinski definition) is 2. The van der Waals surface area contributed by atoms with Gasteiger partial charge in [0, 0.05) is 12.7 Å². The summed E-state index contributed by atoms with van der Waals surface area (Å²) in [6.45, 7) is 5.82. The summed E-state index contributed by atoms with van der Waals surface area (Å²) in [6, 6.07) is 3.49. The van der Waals surface area contributed by atoms with Gasteiger partial charge in [-0.2, -0.15) is 4.98 Å². The van der Waals surface area contributed by atoms with Crippen molar-refractivity contribution >= 4 is 17.3 Å². The second-order valence-corrected chi connectivity index (χ2v) is 5.96. The second kappa shape index (κ2) is 6.74. The highest BCUT2D eigenvalue weighted by molar-refractivity contribution is 5.67. The van der Waals surface area contributed by atoms with Crippen LogP contribution in [0.2, 0.25) is 0 Å². The van der Waals surface area contributed by atoms with Gasteiger partial charge in [0.15, 0.2) is 11.2 Å². The van der Waals surface area contributed by atoms with Gasteiger partial charge in [-0.1, -0.05) is 0 Å². The number of nitrogens with zero attached hydrogens (tertiary/aromatic N) is 2. The third kappa shape index (κ3) is 4.70. The van der Waals surface area contributed by atoms with Gasteiger partial charge in [-0.15, -0.1) is 0 Å². The summed E-state index contributed by atoms with van der Waals surface area (Å²) in [7, 11) is 0. The third-order valence-corrected chi connectivity index (χ3v) is 2.79. The highest BCUT2D eigenvalue weighted by atomic mass is 16.6. The van der Waals surface area contributed by atoms with Gasteiger partial charge in [-0.05, 0) is 45.7 Å². The van der Waals surface area contributed by atoms with Crippen molar-refractivity contribution < 1.29 is 19.1 Å². The molecule has 0 bridgehead atoms. The Labute approximate surface area is 128 Å². The van der Waals surface area contributed by atoms with E-state index in [2.05, 4.69) is 15.3 Å². The molecule has 0 aliphatic heterocycles. The Balaban J connectivity index is 1.76. The van der Waals surface area contributed by atoms with E-state index in [1.807, 2.05) is 0 Å². The molecule has 2 heterocycles. The number of alkyl carbamates (subject to hydrolysis) is 1. The van der Waals surface area contributed by atoms with Gasteiger partial charge in [-0.3, -0.25) is 0 Å². The zero-order chi connectivity index (χ0) is 16.2. The van der Waals surface area contributed by atoms with E-state index >= 15 is 0 Å². The number of carbonyl (C=O) groups is 1. The Kier molecular flexibility index (Phi) is 4.97. The predicted octanol–water partition coefficient (Wildman–Crippen LogP) is 2.56. The van der Waals surface area contributed by atoms with Crippen LogP contribution in [0.4, 0.5) is 4.79 Å². The molecule has 0 spiro atoms. The summed E-state index contributed by atoms with van der Waals surface area (Å²) in [4.78, 5) is 19.6. The lowest BCUT2D eigenvalue weighted by molar-refractivity contribution is 0.0522. The summed E-state index contributed by atoms with van der Waals surface area (Å²) < 4.78 is 10.6. The molecule has 2 aromatic rings. The number of ether oxygens (including phenoxy) is 1. The monoisotopic (exact) mass is 307 g/mol. The first-order chi connectivity index (χ1) is 10.3. The van der Waals surface area contributed by atoms with E-state index in [4.69, 9.17) is 9.15 Å². The number of oxazole rings is 1. The van der Waals surface area contributed by atoms with Gasteiger partial charge in [0.2, 0.25) is 5.89 Å². The molecule has 22 heavy (non-hydrogen) atoms. The highest BCUT2D eigenvalue weighted by Gasteiger charge is 2.17. The van der Waals surface area contributed by atoms with Gasteiger partial charge in [0.25, 0.3) is 0 Å². The van der Waals surface area contributed by atoms with Crippen LogP contribution in [0.25, 0.3) is 11.2 Å². The number of aromatic nitrogens is 2. The molecule has 7 nitrogen and oxygen atoms in total. The van der Waals surface area contributed by atoms with Crippen LogP contribution in [0.1, 0.15) is 45.6 Å². The SMILES string of the molecule is CC(C)(C)OC(=O)NCCC[C@H](O)c1nc2ncccc2o1. The highest BCUT2D eigenvalue weighted by Crippen LogP contribution is 2.21. The minimum Gasteiger partial charge on any atom is -0.444 e. The molecule has 0 radical (unpaired) electrons. The molecule has 1 atom stereocenters. The van der Waals surface area contributed by atoms with Crippen LogP contribution in [-0.4, -0.2) is 33.3 Å². The maximum absolute atomic E-state index is 11.5. The Morgan fingerprint density at radius 1 is 1.50 bits per heavy atom. The van der Waals surface area contributed by atoms with Crippen LogP contribution in [0.15, 0.2) is 22.7 Å². The number of nitrogens with one attached hydrogen (secondary N) is 1. The van der Waals surface area contributed by atoms with Crippen molar-refractivity contribution in [2.45, 2.75) is 45.3 Å². The Morgan fingerprint density at radius 3 is 2.95 bits per heavy atom. The number of carbonyl (C=O) groups excluding carboxylic acids is 1. The quantitative estimate of drug-likeness (QED) is 0.824. The van der Waals surface area contributed by atoms with Crippen LogP contribution in [0, 0.1) is 0 Å². The number of aliphatic hydroxyl groups excluding tert-OH is 1. The molecule has 0 aliphatic carbocycles. The van der Waals surface area contributed by atoms with E-state index in [-0.39, 0.29) is 5.89 Å². The average molecular weight is 307 g/mol. The summed E-state index contributed by atoms with van der Waals surface area (Å²) in [6.07, 6.45) is 1.32. The van der Waals surface area contributed by atoms with Crippen molar-refractivity contribution in [3.05, 3.63) is 24.2 Å². The van der Waals surface area contributed by atoms with Crippen molar-refractivity contribution in [3.63, 3.8) is 0 Å². The third-order valence-electron chi connectivity index (χ3n) is 2.79. The molecule has 2 N–H and O–H groups in total. The van der Waals surface area contributed by atoms with Crippen LogP contribution in [0.5, 0.6) is 0 Å². The zero-order valence-corrected chi connectivity index (χ0v) is 13.0. The number of amides is 1. The minimum atomic E-state index is -0.824. The summed E-state index contributed by atoms with van der Waals surface area (Å²) >= 11 is 0. The van der Waals surface area contributed by atoms with Gasteiger partial charge in [0.1, 0.15) is 11.7 Å². The van der Waals surface area contributed by atoms with E-state index in [9.17, 15) is 9.90 Å². The molecule has 0 aliphatic rings. The molecule has 0 unspecified atom stereocenters. The van der Waals surface area contributed by atoms with E-state index in [1.54, 1.807) is 39.1 Å². The smallest absolute Gasteiger partial charge is 0.407 e. The molecule has 0 fully saturated rings. The fraction of sp³-hybridized carbons (Fsp3) is 0.533. The van der Waals surface area contributed by atoms with E-state index in [0.717, 1.165) is 0 Å². The van der Waals surface area contributed by atoms with Crippen LogP contribution >= 0.6 is 0 Å². The fourth-order valence-electron chi connectivity index (χ4n) is 1.85. The molecule has 0 saturated carbocycles. The van der Waals surface area contributed by atoms with Crippen LogP contribution < -0.4 is 5.32 Å². The maximum Gasteiger partial charge on any atom is 0.407 e. The Morgan fingerprint density at radius 2 is 2.27 bits per heavy atom. The first-order valence-electron chi connectivity index (χ1n) is 7.21. The van der Waals surface area contributed by atoms with E-state index in [1.165, 1.54) is 0 Å². The number of fused-ring (bicyclic) bond motifs is 1. The Bertz CT molecular complexity index is 600. The number of pyridine rings is 1. The van der Waals surface area contributed by atoms with Crippen molar-refractivity contribution in [2.75, 3.05) is 6.54 Å². The van der Waals surface area contributed by atoms with Crippen LogP contribution in [-0.2, 0) is 4.74 Å². The number of hydrogen-bond acceptors (Lipinski definition) is 6. The van der Waals surface area contributed by atoms with E-state index < -0.39 is 17.8 Å². The number of aliphatic hydroxyl groups is 1. The largest absolute Gasteiger partial charge is 0.444 e. The fourth-order valence-corrected chi connectivity index (χ4v) is 1.85. The van der Waals surface area contributed by atoms with Crippen molar-refractivity contribution in [3.8, 4) is 0 Å². The minimum absolute atomic E-state index is 0.242. The molecule has 1 amide bonds. The zero-order valence-electron chi connectivity index (χ0n) is 13.0. The maximum atomic E-state index is 11.5. The second-order valence-electron chi connectivity index (χ2n) is 5.96. The lowest BCUT2D eigenvalue weighted by Crippen LogP contribution is -2.33. The molecule has 2 rings (SSSR count). The molecular weight excluding hydrogens is 286 g/mol. The lowest BCUT2D eigenvalue weighted by atomic mass is 10.2. The predicted molar refractivity (Wildman–Crippen MR) is 80.2 cm³/mol. The Hall–Kier alpha value is -2.15. The van der Waals surface area contributed by atoms with Crippen molar-refractivity contribution in [2.24, 2.45) is 0 Å². The number of rotatable bonds is 5. The summed E-state index contributed by atoms with van der Waals surface area (Å²) in [5, 5.41) is 12.7.